The summed E-state index contributed by atoms with van der Waals surface area (Å²) < 4.78 is 1.38. The summed E-state index contributed by atoms with van der Waals surface area (Å²) >= 11 is 0. The van der Waals surface area contributed by atoms with E-state index in [4.69, 9.17) is 0 Å². The first-order valence-corrected chi connectivity index (χ1v) is 8.08. The summed E-state index contributed by atoms with van der Waals surface area (Å²) in [7, 11) is 5.60. The largest absolute Gasteiger partial charge is 0.367 e. The standard InChI is InChI=1S/C16H23N7O/c1-21(2)15-10-13(17-11-18-15)19-12-6-8-23(9-7-12)14-4-5-16(24)22(3)20-14/h4-5,10-12H,6-9H2,1-3H3,(H,17,18,19). The molecule has 8 heteroatoms. The van der Waals surface area contributed by atoms with Crippen molar-refractivity contribution in [2.75, 3.05) is 42.3 Å². The number of aryl methyl sites for hydroxylation is 1. The smallest absolute Gasteiger partial charge is 0.266 e. The third kappa shape index (κ3) is 3.64. The van der Waals surface area contributed by atoms with E-state index in [1.54, 1.807) is 25.5 Å². The Morgan fingerprint density at radius 3 is 2.62 bits per heavy atom. The minimum Gasteiger partial charge on any atom is -0.367 e. The number of anilines is 3. The van der Waals surface area contributed by atoms with Crippen LogP contribution in [0.25, 0.3) is 0 Å². The lowest BCUT2D eigenvalue weighted by Crippen LogP contribution is -2.40. The monoisotopic (exact) mass is 329 g/mol. The number of hydrogen-bond donors (Lipinski definition) is 1. The molecule has 0 aromatic carbocycles. The maximum atomic E-state index is 11.4. The average Bonchev–Trinajstić information content (AvgIpc) is 2.58. The van der Waals surface area contributed by atoms with Crippen LogP contribution in [0, 0.1) is 0 Å². The third-order valence-corrected chi connectivity index (χ3v) is 4.23. The minimum absolute atomic E-state index is 0.0873. The summed E-state index contributed by atoms with van der Waals surface area (Å²) in [6.07, 6.45) is 3.57. The summed E-state index contributed by atoms with van der Waals surface area (Å²) in [6.45, 7) is 1.79. The molecule has 24 heavy (non-hydrogen) atoms. The second-order valence-electron chi connectivity index (χ2n) is 6.21. The van der Waals surface area contributed by atoms with Crippen molar-refractivity contribution in [3.05, 3.63) is 34.9 Å². The van der Waals surface area contributed by atoms with Gasteiger partial charge in [0.1, 0.15) is 23.8 Å². The second-order valence-corrected chi connectivity index (χ2v) is 6.21. The summed E-state index contributed by atoms with van der Waals surface area (Å²) in [6, 6.07) is 5.69. The SMILES string of the molecule is CN(C)c1cc(NC2CCN(c3ccc(=O)n(C)n3)CC2)ncn1. The van der Waals surface area contributed by atoms with Gasteiger partial charge in [0.05, 0.1) is 0 Å². The molecule has 0 saturated carbocycles. The topological polar surface area (TPSA) is 79.2 Å². The molecule has 2 aromatic heterocycles. The molecule has 0 unspecified atom stereocenters. The number of piperidine rings is 1. The van der Waals surface area contributed by atoms with E-state index in [-0.39, 0.29) is 5.56 Å². The van der Waals surface area contributed by atoms with Crippen molar-refractivity contribution in [2.45, 2.75) is 18.9 Å². The highest BCUT2D eigenvalue weighted by molar-refractivity contribution is 5.48. The van der Waals surface area contributed by atoms with Gasteiger partial charge in [-0.2, -0.15) is 5.10 Å². The Labute approximate surface area is 141 Å². The van der Waals surface area contributed by atoms with Gasteiger partial charge < -0.3 is 15.1 Å². The molecule has 1 aliphatic rings. The van der Waals surface area contributed by atoms with E-state index in [0.29, 0.717) is 6.04 Å². The maximum Gasteiger partial charge on any atom is 0.266 e. The third-order valence-electron chi connectivity index (χ3n) is 4.23. The molecule has 128 valence electrons. The number of rotatable bonds is 4. The van der Waals surface area contributed by atoms with Gasteiger partial charge in [0, 0.05) is 52.4 Å². The predicted octanol–water partition coefficient (Wildman–Crippen LogP) is 0.717. The lowest BCUT2D eigenvalue weighted by molar-refractivity contribution is 0.517. The van der Waals surface area contributed by atoms with Crippen molar-refractivity contribution in [2.24, 2.45) is 7.05 Å². The van der Waals surface area contributed by atoms with Gasteiger partial charge in [-0.05, 0) is 18.9 Å². The fourth-order valence-corrected chi connectivity index (χ4v) is 2.79. The van der Waals surface area contributed by atoms with Crippen molar-refractivity contribution in [1.82, 2.24) is 19.7 Å². The number of nitrogens with zero attached hydrogens (tertiary/aromatic N) is 6. The molecule has 0 bridgehead atoms. The molecule has 3 heterocycles. The van der Waals surface area contributed by atoms with E-state index in [1.807, 2.05) is 25.1 Å². The summed E-state index contributed by atoms with van der Waals surface area (Å²) in [5, 5.41) is 7.81. The highest BCUT2D eigenvalue weighted by Gasteiger charge is 2.21. The van der Waals surface area contributed by atoms with E-state index >= 15 is 0 Å². The van der Waals surface area contributed by atoms with Crippen LogP contribution < -0.4 is 20.7 Å². The lowest BCUT2D eigenvalue weighted by atomic mass is 10.1. The van der Waals surface area contributed by atoms with Gasteiger partial charge in [-0.15, -0.1) is 0 Å². The van der Waals surface area contributed by atoms with Crippen LogP contribution in [-0.4, -0.2) is 53.0 Å². The van der Waals surface area contributed by atoms with Crippen molar-refractivity contribution in [3.8, 4) is 0 Å². The molecule has 0 atom stereocenters. The summed E-state index contributed by atoms with van der Waals surface area (Å²) in [5.74, 6) is 2.60. The van der Waals surface area contributed by atoms with Gasteiger partial charge in [0.2, 0.25) is 0 Å². The van der Waals surface area contributed by atoms with Crippen LogP contribution in [0.5, 0.6) is 0 Å². The van der Waals surface area contributed by atoms with E-state index in [2.05, 4.69) is 25.3 Å². The van der Waals surface area contributed by atoms with Gasteiger partial charge in [-0.3, -0.25) is 4.79 Å². The Morgan fingerprint density at radius 1 is 1.21 bits per heavy atom. The number of aromatic nitrogens is 4. The van der Waals surface area contributed by atoms with Crippen molar-refractivity contribution in [1.29, 1.82) is 0 Å². The molecule has 0 amide bonds. The van der Waals surface area contributed by atoms with Gasteiger partial charge in [0.25, 0.3) is 5.56 Å². The van der Waals surface area contributed by atoms with Gasteiger partial charge in [-0.1, -0.05) is 0 Å². The normalized spacial score (nSPS) is 15.4. The molecule has 1 N–H and O–H groups in total. The van der Waals surface area contributed by atoms with E-state index in [0.717, 1.165) is 43.4 Å². The second kappa shape index (κ2) is 6.86. The number of nitrogens with one attached hydrogen (secondary N) is 1. The first-order chi connectivity index (χ1) is 11.5. The number of hydrogen-bond acceptors (Lipinski definition) is 7. The summed E-state index contributed by atoms with van der Waals surface area (Å²) in [5.41, 5.74) is -0.0873. The first kappa shape index (κ1) is 16.2. The lowest BCUT2D eigenvalue weighted by Gasteiger charge is -2.33. The van der Waals surface area contributed by atoms with Crippen molar-refractivity contribution >= 4 is 17.5 Å². The Kier molecular flexibility index (Phi) is 4.64. The quantitative estimate of drug-likeness (QED) is 0.885. The zero-order chi connectivity index (χ0) is 17.1. The summed E-state index contributed by atoms with van der Waals surface area (Å²) in [4.78, 5) is 24.1. The highest BCUT2D eigenvalue weighted by Crippen LogP contribution is 2.20. The minimum atomic E-state index is -0.0873. The molecule has 8 nitrogen and oxygen atoms in total. The maximum absolute atomic E-state index is 11.4. The van der Waals surface area contributed by atoms with Gasteiger partial charge in [0.15, 0.2) is 0 Å². The van der Waals surface area contributed by atoms with Crippen LogP contribution in [0.1, 0.15) is 12.8 Å². The van der Waals surface area contributed by atoms with Gasteiger partial charge in [-0.25, -0.2) is 14.6 Å². The highest BCUT2D eigenvalue weighted by atomic mass is 16.1. The molecule has 3 rings (SSSR count). The Balaban J connectivity index is 1.60. The first-order valence-electron chi connectivity index (χ1n) is 8.08. The molecule has 0 spiro atoms. The Hall–Kier alpha value is -2.64. The molecule has 2 aromatic rings. The molecule has 1 fully saturated rings. The molecule has 0 aliphatic carbocycles. The van der Waals surface area contributed by atoms with Crippen LogP contribution in [0.15, 0.2) is 29.3 Å². The molecule has 1 aliphatic heterocycles. The molecular weight excluding hydrogens is 306 g/mol. The van der Waals surface area contributed by atoms with Gasteiger partial charge >= 0.3 is 0 Å². The van der Waals surface area contributed by atoms with Crippen LogP contribution >= 0.6 is 0 Å². The zero-order valence-electron chi connectivity index (χ0n) is 14.3. The van der Waals surface area contributed by atoms with E-state index in [9.17, 15) is 4.79 Å². The molecular formula is C16H23N7O. The van der Waals surface area contributed by atoms with Crippen LogP contribution in [-0.2, 0) is 7.05 Å². The fourth-order valence-electron chi connectivity index (χ4n) is 2.79. The Bertz CT molecular complexity index is 750. The zero-order valence-corrected chi connectivity index (χ0v) is 14.3. The van der Waals surface area contributed by atoms with Crippen molar-refractivity contribution < 1.29 is 0 Å². The molecule has 0 radical (unpaired) electrons. The van der Waals surface area contributed by atoms with E-state index in [1.165, 1.54) is 4.68 Å². The predicted molar refractivity (Wildman–Crippen MR) is 94.7 cm³/mol. The van der Waals surface area contributed by atoms with Crippen molar-refractivity contribution in [3.63, 3.8) is 0 Å². The van der Waals surface area contributed by atoms with Crippen LogP contribution in [0.3, 0.4) is 0 Å². The van der Waals surface area contributed by atoms with Crippen LogP contribution in [0.2, 0.25) is 0 Å². The van der Waals surface area contributed by atoms with Crippen LogP contribution in [0.4, 0.5) is 17.5 Å². The fraction of sp³-hybridized carbons (Fsp3) is 0.500. The molecule has 1 saturated heterocycles. The average molecular weight is 329 g/mol. The Morgan fingerprint density at radius 2 is 1.96 bits per heavy atom. The van der Waals surface area contributed by atoms with E-state index < -0.39 is 0 Å².